The maximum Gasteiger partial charge on any atom is 0.132 e. The maximum atomic E-state index is 6.41. The van der Waals surface area contributed by atoms with Crippen molar-refractivity contribution >= 4 is 11.6 Å². The summed E-state index contributed by atoms with van der Waals surface area (Å²) in [6.07, 6.45) is 2.41. The molecule has 90 valence electrons. The second-order valence-corrected chi connectivity index (χ2v) is 5.37. The second-order valence-electron chi connectivity index (χ2n) is 5.01. The van der Waals surface area contributed by atoms with Gasteiger partial charge < -0.3 is 5.32 Å². The lowest BCUT2D eigenvalue weighted by atomic mass is 10.1. The van der Waals surface area contributed by atoms with Crippen LogP contribution in [0.1, 0.15) is 44.0 Å². The molecule has 0 radical (unpaired) electrons. The largest absolute Gasteiger partial charge is 0.310 e. The van der Waals surface area contributed by atoms with Gasteiger partial charge >= 0.3 is 0 Å². The van der Waals surface area contributed by atoms with Crippen LogP contribution in [0.15, 0.2) is 0 Å². The topological polar surface area (TPSA) is 29.9 Å². The number of hydrogen-bond acceptors (Lipinski definition) is 2. The van der Waals surface area contributed by atoms with Gasteiger partial charge in [-0.1, -0.05) is 25.4 Å². The third-order valence-corrected chi connectivity index (χ3v) is 3.45. The fourth-order valence-corrected chi connectivity index (χ4v) is 2.74. The van der Waals surface area contributed by atoms with E-state index in [0.717, 1.165) is 23.9 Å². The van der Waals surface area contributed by atoms with E-state index in [1.54, 1.807) is 0 Å². The molecule has 1 aromatic heterocycles. The monoisotopic (exact) mass is 241 g/mol. The van der Waals surface area contributed by atoms with Gasteiger partial charge in [0.05, 0.1) is 5.69 Å². The van der Waals surface area contributed by atoms with Crippen molar-refractivity contribution in [3.05, 3.63) is 16.4 Å². The molecule has 1 aliphatic rings. The highest BCUT2D eigenvalue weighted by Crippen LogP contribution is 2.31. The first-order chi connectivity index (χ1) is 7.59. The van der Waals surface area contributed by atoms with Crippen molar-refractivity contribution in [3.63, 3.8) is 0 Å². The Bertz CT molecular complexity index is 365. The molecular formula is C12H20ClN3. The molecule has 1 saturated heterocycles. The van der Waals surface area contributed by atoms with Crippen LogP contribution < -0.4 is 5.32 Å². The van der Waals surface area contributed by atoms with Crippen molar-refractivity contribution in [2.75, 3.05) is 6.54 Å². The van der Waals surface area contributed by atoms with Gasteiger partial charge in [0.15, 0.2) is 0 Å². The molecule has 0 aliphatic carbocycles. The summed E-state index contributed by atoms with van der Waals surface area (Å²) in [4.78, 5) is 0. The summed E-state index contributed by atoms with van der Waals surface area (Å²) < 4.78 is 1.94. The number of halogens is 1. The van der Waals surface area contributed by atoms with E-state index in [4.69, 9.17) is 11.6 Å². The van der Waals surface area contributed by atoms with Crippen molar-refractivity contribution in [1.82, 2.24) is 15.1 Å². The van der Waals surface area contributed by atoms with E-state index in [1.165, 1.54) is 18.4 Å². The predicted molar refractivity (Wildman–Crippen MR) is 66.8 cm³/mol. The molecular weight excluding hydrogens is 222 g/mol. The van der Waals surface area contributed by atoms with E-state index in [1.807, 2.05) is 4.68 Å². The van der Waals surface area contributed by atoms with Crippen molar-refractivity contribution < 1.29 is 0 Å². The highest BCUT2D eigenvalue weighted by Gasteiger charge is 2.24. The van der Waals surface area contributed by atoms with Crippen molar-refractivity contribution in [2.45, 2.75) is 46.2 Å². The third-order valence-electron chi connectivity index (χ3n) is 3.06. The third kappa shape index (κ3) is 2.25. The van der Waals surface area contributed by atoms with Crippen LogP contribution in [0, 0.1) is 12.8 Å². The SMILES string of the molecule is Cc1nn(CC(C)C)c(Cl)c1[C@H]1CCCN1. The zero-order chi connectivity index (χ0) is 11.7. The Kier molecular flexibility index (Phi) is 3.55. The van der Waals surface area contributed by atoms with E-state index >= 15 is 0 Å². The smallest absolute Gasteiger partial charge is 0.132 e. The van der Waals surface area contributed by atoms with Crippen LogP contribution in [0.5, 0.6) is 0 Å². The molecule has 16 heavy (non-hydrogen) atoms. The van der Waals surface area contributed by atoms with Gasteiger partial charge in [-0.25, -0.2) is 0 Å². The van der Waals surface area contributed by atoms with E-state index in [2.05, 4.69) is 31.2 Å². The highest BCUT2D eigenvalue weighted by atomic mass is 35.5. The first-order valence-electron chi connectivity index (χ1n) is 6.05. The van der Waals surface area contributed by atoms with Crippen molar-refractivity contribution in [1.29, 1.82) is 0 Å². The normalized spacial score (nSPS) is 20.9. The molecule has 0 bridgehead atoms. The summed E-state index contributed by atoms with van der Waals surface area (Å²) in [7, 11) is 0. The van der Waals surface area contributed by atoms with Crippen LogP contribution in [0.3, 0.4) is 0 Å². The Labute approximate surface area is 102 Å². The minimum atomic E-state index is 0.411. The van der Waals surface area contributed by atoms with Gasteiger partial charge in [-0.15, -0.1) is 0 Å². The molecule has 0 spiro atoms. The van der Waals surface area contributed by atoms with Crippen molar-refractivity contribution in [2.24, 2.45) is 5.92 Å². The first kappa shape index (κ1) is 11.9. The van der Waals surface area contributed by atoms with Gasteiger partial charge in [0.1, 0.15) is 5.15 Å². The Morgan fingerprint density at radius 2 is 2.31 bits per heavy atom. The fraction of sp³-hybridized carbons (Fsp3) is 0.750. The van der Waals surface area contributed by atoms with Gasteiger partial charge in [-0.2, -0.15) is 5.10 Å². The Balaban J connectivity index is 2.27. The zero-order valence-electron chi connectivity index (χ0n) is 10.3. The fourth-order valence-electron chi connectivity index (χ4n) is 2.36. The number of hydrogen-bond donors (Lipinski definition) is 1. The van der Waals surface area contributed by atoms with Crippen LogP contribution in [0.2, 0.25) is 5.15 Å². The average Bonchev–Trinajstić information content (AvgIpc) is 2.76. The molecule has 1 N–H and O–H groups in total. The molecule has 0 aromatic carbocycles. The highest BCUT2D eigenvalue weighted by molar-refractivity contribution is 6.30. The van der Waals surface area contributed by atoms with Crippen LogP contribution >= 0.6 is 11.6 Å². The molecule has 0 amide bonds. The molecule has 1 aliphatic heterocycles. The summed E-state index contributed by atoms with van der Waals surface area (Å²) in [5, 5.41) is 8.85. The summed E-state index contributed by atoms with van der Waals surface area (Å²) in [5.74, 6) is 0.571. The summed E-state index contributed by atoms with van der Waals surface area (Å²) in [5.41, 5.74) is 2.28. The van der Waals surface area contributed by atoms with Crippen molar-refractivity contribution in [3.8, 4) is 0 Å². The maximum absolute atomic E-state index is 6.41. The van der Waals surface area contributed by atoms with Gasteiger partial charge in [0, 0.05) is 18.2 Å². The average molecular weight is 242 g/mol. The molecule has 1 aromatic rings. The second kappa shape index (κ2) is 4.76. The predicted octanol–water partition coefficient (Wildman–Crippen LogP) is 2.93. The number of nitrogens with one attached hydrogen (secondary N) is 1. The molecule has 4 heteroatoms. The number of nitrogens with zero attached hydrogens (tertiary/aromatic N) is 2. The van der Waals surface area contributed by atoms with E-state index in [-0.39, 0.29) is 0 Å². The Hall–Kier alpha value is -0.540. The zero-order valence-corrected chi connectivity index (χ0v) is 11.0. The quantitative estimate of drug-likeness (QED) is 0.882. The minimum absolute atomic E-state index is 0.411. The molecule has 1 atom stereocenters. The van der Waals surface area contributed by atoms with E-state index < -0.39 is 0 Å². The summed E-state index contributed by atoms with van der Waals surface area (Å²) in [6, 6.07) is 0.411. The Morgan fingerprint density at radius 1 is 1.56 bits per heavy atom. The summed E-state index contributed by atoms with van der Waals surface area (Å²) in [6.45, 7) is 8.40. The van der Waals surface area contributed by atoms with E-state index in [0.29, 0.717) is 12.0 Å². The Morgan fingerprint density at radius 3 is 2.88 bits per heavy atom. The molecule has 2 rings (SSSR count). The lowest BCUT2D eigenvalue weighted by Gasteiger charge is -2.10. The molecule has 0 saturated carbocycles. The van der Waals surface area contributed by atoms with Gasteiger partial charge in [-0.3, -0.25) is 4.68 Å². The number of aryl methyl sites for hydroxylation is 1. The van der Waals surface area contributed by atoms with Crippen LogP contribution in [-0.4, -0.2) is 16.3 Å². The van der Waals surface area contributed by atoms with Gasteiger partial charge in [-0.05, 0) is 32.2 Å². The summed E-state index contributed by atoms with van der Waals surface area (Å²) >= 11 is 6.41. The molecule has 2 heterocycles. The number of rotatable bonds is 3. The van der Waals surface area contributed by atoms with Crippen LogP contribution in [0.4, 0.5) is 0 Å². The van der Waals surface area contributed by atoms with Gasteiger partial charge in [0.25, 0.3) is 0 Å². The standard InChI is InChI=1S/C12H20ClN3/c1-8(2)7-16-12(13)11(9(3)15-16)10-5-4-6-14-10/h8,10,14H,4-7H2,1-3H3/t10-/m1/s1. The van der Waals surface area contributed by atoms with Crippen LogP contribution in [-0.2, 0) is 6.54 Å². The molecule has 0 unspecified atom stereocenters. The molecule has 3 nitrogen and oxygen atoms in total. The van der Waals surface area contributed by atoms with Gasteiger partial charge in [0.2, 0.25) is 0 Å². The lowest BCUT2D eigenvalue weighted by molar-refractivity contribution is 0.481. The lowest BCUT2D eigenvalue weighted by Crippen LogP contribution is -2.14. The minimum Gasteiger partial charge on any atom is -0.310 e. The first-order valence-corrected chi connectivity index (χ1v) is 6.43. The number of aromatic nitrogens is 2. The van der Waals surface area contributed by atoms with Crippen LogP contribution in [0.25, 0.3) is 0 Å². The molecule has 1 fully saturated rings. The van der Waals surface area contributed by atoms with E-state index in [9.17, 15) is 0 Å².